The predicted octanol–water partition coefficient (Wildman–Crippen LogP) is 3.30. The maximum absolute atomic E-state index is 11.5. The van der Waals surface area contributed by atoms with Gasteiger partial charge in [-0.3, -0.25) is 4.79 Å². The fourth-order valence-electron chi connectivity index (χ4n) is 4.12. The number of hydrogen-bond donors (Lipinski definition) is 0. The van der Waals surface area contributed by atoms with Gasteiger partial charge in [0.05, 0.1) is 0 Å². The minimum atomic E-state index is 0.200. The molecule has 2 fully saturated rings. The standard InChI is InChI=1S/C16H18O2/c17-12-5-7-15-11(8-12)9-14-13-3-1-2-10(13)4-6-16(14)18-15/h5,7,9-10,13,16H,1-4,6,8H2. The van der Waals surface area contributed by atoms with E-state index >= 15 is 0 Å². The van der Waals surface area contributed by atoms with E-state index in [1.54, 1.807) is 6.08 Å². The highest BCUT2D eigenvalue weighted by Gasteiger charge is 2.40. The lowest BCUT2D eigenvalue weighted by Gasteiger charge is -2.38. The number of allylic oxidation sites excluding steroid dienone is 4. The van der Waals surface area contributed by atoms with Crippen molar-refractivity contribution >= 4 is 5.78 Å². The Morgan fingerprint density at radius 3 is 3.00 bits per heavy atom. The molecule has 94 valence electrons. The van der Waals surface area contributed by atoms with E-state index in [4.69, 9.17) is 4.74 Å². The first-order valence-electron chi connectivity index (χ1n) is 7.13. The highest BCUT2D eigenvalue weighted by atomic mass is 16.5. The second-order valence-electron chi connectivity index (χ2n) is 5.99. The van der Waals surface area contributed by atoms with Gasteiger partial charge in [-0.25, -0.2) is 0 Å². The summed E-state index contributed by atoms with van der Waals surface area (Å²) in [7, 11) is 0. The molecule has 4 rings (SSSR count). The van der Waals surface area contributed by atoms with Gasteiger partial charge in [0.2, 0.25) is 0 Å². The summed E-state index contributed by atoms with van der Waals surface area (Å²) in [5, 5.41) is 0. The highest BCUT2D eigenvalue weighted by molar-refractivity contribution is 5.94. The molecule has 18 heavy (non-hydrogen) atoms. The largest absolute Gasteiger partial charge is 0.486 e. The lowest BCUT2D eigenvalue weighted by atomic mass is 9.74. The Hall–Kier alpha value is -1.31. The van der Waals surface area contributed by atoms with Gasteiger partial charge in [0, 0.05) is 12.0 Å². The second kappa shape index (κ2) is 3.84. The second-order valence-corrected chi connectivity index (χ2v) is 5.99. The first-order valence-corrected chi connectivity index (χ1v) is 7.13. The molecule has 2 heteroatoms. The predicted molar refractivity (Wildman–Crippen MR) is 68.8 cm³/mol. The van der Waals surface area contributed by atoms with Crippen LogP contribution in [0.3, 0.4) is 0 Å². The lowest BCUT2D eigenvalue weighted by Crippen LogP contribution is -2.32. The maximum Gasteiger partial charge on any atom is 0.160 e. The molecule has 3 atom stereocenters. The van der Waals surface area contributed by atoms with Gasteiger partial charge in [0.1, 0.15) is 11.9 Å². The number of rotatable bonds is 0. The minimum absolute atomic E-state index is 0.200. The summed E-state index contributed by atoms with van der Waals surface area (Å²) in [6, 6.07) is 0. The summed E-state index contributed by atoms with van der Waals surface area (Å²) in [5.41, 5.74) is 2.60. The molecule has 1 aliphatic heterocycles. The van der Waals surface area contributed by atoms with Crippen LogP contribution < -0.4 is 0 Å². The van der Waals surface area contributed by atoms with Crippen molar-refractivity contribution in [1.82, 2.24) is 0 Å². The van der Waals surface area contributed by atoms with Crippen LogP contribution in [0.15, 0.2) is 35.1 Å². The van der Waals surface area contributed by atoms with Crippen molar-refractivity contribution in [2.75, 3.05) is 0 Å². The van der Waals surface area contributed by atoms with E-state index in [-0.39, 0.29) is 5.78 Å². The van der Waals surface area contributed by atoms with E-state index in [0.717, 1.165) is 29.6 Å². The van der Waals surface area contributed by atoms with Crippen LogP contribution in [0.25, 0.3) is 0 Å². The Morgan fingerprint density at radius 1 is 1.11 bits per heavy atom. The van der Waals surface area contributed by atoms with Crippen LogP contribution in [0.2, 0.25) is 0 Å². The van der Waals surface area contributed by atoms with Gasteiger partial charge in [-0.2, -0.15) is 0 Å². The summed E-state index contributed by atoms with van der Waals surface area (Å²) in [5.74, 6) is 2.76. The smallest absolute Gasteiger partial charge is 0.160 e. The van der Waals surface area contributed by atoms with Crippen molar-refractivity contribution in [1.29, 1.82) is 0 Å². The topological polar surface area (TPSA) is 26.3 Å². The van der Waals surface area contributed by atoms with Gasteiger partial charge in [0.25, 0.3) is 0 Å². The molecule has 0 amide bonds. The number of fused-ring (bicyclic) bond motifs is 3. The molecule has 0 radical (unpaired) electrons. The normalized spacial score (nSPS) is 37.7. The number of carbonyl (C=O) groups is 1. The van der Waals surface area contributed by atoms with E-state index < -0.39 is 0 Å². The average molecular weight is 242 g/mol. The molecular formula is C16H18O2. The Morgan fingerprint density at radius 2 is 2.06 bits per heavy atom. The fraction of sp³-hybridized carbons (Fsp3) is 0.562. The number of ether oxygens (including phenoxy) is 1. The molecule has 0 spiro atoms. The molecule has 4 aliphatic rings. The van der Waals surface area contributed by atoms with E-state index in [0.29, 0.717) is 12.5 Å². The molecule has 0 aromatic heterocycles. The Bertz CT molecular complexity index is 495. The van der Waals surface area contributed by atoms with Gasteiger partial charge in [-0.1, -0.05) is 12.5 Å². The van der Waals surface area contributed by atoms with Gasteiger partial charge < -0.3 is 4.74 Å². The molecule has 0 aromatic rings. The maximum atomic E-state index is 11.5. The molecular weight excluding hydrogens is 224 g/mol. The number of hydrogen-bond acceptors (Lipinski definition) is 2. The zero-order valence-corrected chi connectivity index (χ0v) is 10.5. The van der Waals surface area contributed by atoms with Gasteiger partial charge in [0.15, 0.2) is 5.78 Å². The Kier molecular flexibility index (Phi) is 2.26. The van der Waals surface area contributed by atoms with Crippen molar-refractivity contribution in [3.63, 3.8) is 0 Å². The third-order valence-corrected chi connectivity index (χ3v) is 4.97. The van der Waals surface area contributed by atoms with Crippen LogP contribution in [-0.4, -0.2) is 11.9 Å². The summed E-state index contributed by atoms with van der Waals surface area (Å²) in [4.78, 5) is 11.5. The fourth-order valence-corrected chi connectivity index (χ4v) is 4.12. The first-order chi connectivity index (χ1) is 8.81. The average Bonchev–Trinajstić information content (AvgIpc) is 2.85. The van der Waals surface area contributed by atoms with E-state index in [1.807, 2.05) is 6.08 Å². The molecule has 0 bridgehead atoms. The van der Waals surface area contributed by atoms with Crippen molar-refractivity contribution in [2.45, 2.75) is 44.6 Å². The SMILES string of the molecule is O=C1C=CC2=C(C=C3C(CCC4CCCC34)O2)C1. The van der Waals surface area contributed by atoms with Crippen LogP contribution in [-0.2, 0) is 9.53 Å². The van der Waals surface area contributed by atoms with E-state index in [1.165, 1.54) is 31.3 Å². The van der Waals surface area contributed by atoms with Crippen molar-refractivity contribution in [3.05, 3.63) is 35.1 Å². The van der Waals surface area contributed by atoms with Crippen LogP contribution >= 0.6 is 0 Å². The summed E-state index contributed by atoms with van der Waals surface area (Å²) in [6.07, 6.45) is 13.2. The zero-order chi connectivity index (χ0) is 12.1. The molecule has 0 N–H and O–H groups in total. The monoisotopic (exact) mass is 242 g/mol. The number of carbonyl (C=O) groups excluding carboxylic acids is 1. The molecule has 0 aromatic carbocycles. The Labute approximate surface area is 107 Å². The van der Waals surface area contributed by atoms with E-state index in [2.05, 4.69) is 6.08 Å². The van der Waals surface area contributed by atoms with Crippen molar-refractivity contribution in [3.8, 4) is 0 Å². The van der Waals surface area contributed by atoms with Crippen molar-refractivity contribution < 1.29 is 9.53 Å². The quantitative estimate of drug-likeness (QED) is 0.651. The van der Waals surface area contributed by atoms with Crippen LogP contribution in [0.4, 0.5) is 0 Å². The van der Waals surface area contributed by atoms with Crippen molar-refractivity contribution in [2.24, 2.45) is 11.8 Å². The Balaban J connectivity index is 1.72. The molecule has 3 aliphatic carbocycles. The van der Waals surface area contributed by atoms with E-state index in [9.17, 15) is 4.79 Å². The molecule has 3 unspecified atom stereocenters. The zero-order valence-electron chi connectivity index (χ0n) is 10.5. The summed E-state index contributed by atoms with van der Waals surface area (Å²) in [6.45, 7) is 0. The third kappa shape index (κ3) is 1.51. The van der Waals surface area contributed by atoms with Crippen LogP contribution in [0.5, 0.6) is 0 Å². The molecule has 2 nitrogen and oxygen atoms in total. The van der Waals surface area contributed by atoms with Crippen LogP contribution in [0.1, 0.15) is 38.5 Å². The molecule has 1 heterocycles. The molecule has 0 saturated heterocycles. The lowest BCUT2D eigenvalue weighted by molar-refractivity contribution is -0.114. The summed E-state index contributed by atoms with van der Waals surface area (Å²) >= 11 is 0. The number of ketones is 1. The first kappa shape index (κ1) is 10.6. The molecule has 2 saturated carbocycles. The van der Waals surface area contributed by atoms with Crippen LogP contribution in [0, 0.1) is 11.8 Å². The minimum Gasteiger partial charge on any atom is -0.486 e. The van der Waals surface area contributed by atoms with Gasteiger partial charge >= 0.3 is 0 Å². The van der Waals surface area contributed by atoms with Gasteiger partial charge in [-0.15, -0.1) is 0 Å². The highest BCUT2D eigenvalue weighted by Crippen LogP contribution is 2.48. The van der Waals surface area contributed by atoms with Gasteiger partial charge in [-0.05, 0) is 55.2 Å². The third-order valence-electron chi connectivity index (χ3n) is 4.97. The summed E-state index contributed by atoms with van der Waals surface area (Å²) < 4.78 is 6.12.